The molecule has 17 heavy (non-hydrogen) atoms. The number of rotatable bonds is 2. The third-order valence-electron chi connectivity index (χ3n) is 2.56. The van der Waals surface area contributed by atoms with Crippen LogP contribution >= 0.6 is 12.4 Å². The van der Waals surface area contributed by atoms with Crippen molar-refractivity contribution in [2.24, 2.45) is 5.73 Å². The van der Waals surface area contributed by atoms with Crippen molar-refractivity contribution in [1.82, 2.24) is 0 Å². The first-order valence-corrected chi connectivity index (χ1v) is 5.26. The van der Waals surface area contributed by atoms with Gasteiger partial charge in [-0.05, 0) is 41.8 Å². The zero-order valence-electron chi connectivity index (χ0n) is 9.55. The maximum absolute atomic E-state index is 9.42. The molecule has 1 atom stereocenters. The molecular weight excluding hydrogens is 238 g/mol. The zero-order chi connectivity index (χ0) is 11.7. The van der Waals surface area contributed by atoms with Gasteiger partial charge in [-0.3, -0.25) is 0 Å². The van der Waals surface area contributed by atoms with Crippen LogP contribution in [0.3, 0.4) is 0 Å². The van der Waals surface area contributed by atoms with Gasteiger partial charge < -0.3 is 15.9 Å². The molecule has 0 aliphatic heterocycles. The van der Waals surface area contributed by atoms with Gasteiger partial charge in [0.1, 0.15) is 0 Å². The Morgan fingerprint density at radius 1 is 1.06 bits per heavy atom. The van der Waals surface area contributed by atoms with E-state index in [4.69, 9.17) is 5.73 Å². The summed E-state index contributed by atoms with van der Waals surface area (Å²) in [6, 6.07) is 9.13. The van der Waals surface area contributed by atoms with Crippen LogP contribution in [-0.4, -0.2) is 16.3 Å². The Labute approximate surface area is 106 Å². The first kappa shape index (κ1) is 13.6. The third-order valence-corrected chi connectivity index (χ3v) is 2.56. The van der Waals surface area contributed by atoms with E-state index >= 15 is 0 Å². The van der Waals surface area contributed by atoms with Crippen molar-refractivity contribution in [2.75, 3.05) is 0 Å². The van der Waals surface area contributed by atoms with Gasteiger partial charge in [0.2, 0.25) is 0 Å². The maximum atomic E-state index is 9.42. The lowest BCUT2D eigenvalue weighted by atomic mass is 10.0. The largest absolute Gasteiger partial charge is 0.504 e. The Hall–Kier alpha value is -1.45. The molecule has 4 N–H and O–H groups in total. The van der Waals surface area contributed by atoms with Crippen LogP contribution in [0.15, 0.2) is 30.3 Å². The van der Waals surface area contributed by atoms with Crippen molar-refractivity contribution >= 4 is 23.2 Å². The van der Waals surface area contributed by atoms with Gasteiger partial charge in [0.25, 0.3) is 0 Å². The fraction of sp³-hybridized carbons (Fsp3) is 0.231. The molecule has 0 fully saturated rings. The van der Waals surface area contributed by atoms with Crippen molar-refractivity contribution in [2.45, 2.75) is 19.4 Å². The molecule has 2 rings (SSSR count). The standard InChI is InChI=1S/C13H15NO2.ClH/c1-8(14)4-9-2-3-10-6-12(15)13(16)7-11(10)5-9;/h2-3,5-8,15-16H,4,14H2,1H3;1H. The molecule has 0 bridgehead atoms. The monoisotopic (exact) mass is 253 g/mol. The highest BCUT2D eigenvalue weighted by atomic mass is 35.5. The SMILES string of the molecule is CC(N)Cc1ccc2cc(O)c(O)cc2c1.Cl. The number of benzene rings is 2. The number of phenolic OH excluding ortho intramolecular Hbond substituents is 2. The summed E-state index contributed by atoms with van der Waals surface area (Å²) in [5.41, 5.74) is 6.87. The highest BCUT2D eigenvalue weighted by Gasteiger charge is 2.04. The average Bonchev–Trinajstić information content (AvgIpc) is 2.19. The molecule has 3 nitrogen and oxygen atoms in total. The quantitative estimate of drug-likeness (QED) is 0.721. The van der Waals surface area contributed by atoms with Gasteiger partial charge in [-0.15, -0.1) is 12.4 Å². The first-order valence-electron chi connectivity index (χ1n) is 5.26. The number of fused-ring (bicyclic) bond motifs is 1. The Morgan fingerprint density at radius 2 is 1.65 bits per heavy atom. The molecule has 2 aromatic rings. The van der Waals surface area contributed by atoms with Crippen molar-refractivity contribution in [3.63, 3.8) is 0 Å². The predicted octanol–water partition coefficient (Wildman–Crippen LogP) is 2.56. The van der Waals surface area contributed by atoms with Crippen molar-refractivity contribution in [3.05, 3.63) is 35.9 Å². The fourth-order valence-corrected chi connectivity index (χ4v) is 1.82. The van der Waals surface area contributed by atoms with Crippen LogP contribution in [0, 0.1) is 0 Å². The predicted molar refractivity (Wildman–Crippen MR) is 71.9 cm³/mol. The normalized spacial score (nSPS) is 12.1. The van der Waals surface area contributed by atoms with Crippen LogP contribution in [0.25, 0.3) is 10.8 Å². The van der Waals surface area contributed by atoms with Gasteiger partial charge in [0.05, 0.1) is 0 Å². The molecule has 0 heterocycles. The molecule has 0 spiro atoms. The van der Waals surface area contributed by atoms with Crippen LogP contribution in [0.4, 0.5) is 0 Å². The van der Waals surface area contributed by atoms with E-state index in [0.29, 0.717) is 0 Å². The lowest BCUT2D eigenvalue weighted by molar-refractivity contribution is 0.405. The van der Waals surface area contributed by atoms with E-state index < -0.39 is 0 Å². The van der Waals surface area contributed by atoms with E-state index in [-0.39, 0.29) is 29.9 Å². The second-order valence-electron chi connectivity index (χ2n) is 4.20. The number of nitrogens with two attached hydrogens (primary N) is 1. The topological polar surface area (TPSA) is 66.5 Å². The molecule has 0 aliphatic rings. The summed E-state index contributed by atoms with van der Waals surface area (Å²) in [6.07, 6.45) is 0.803. The fourth-order valence-electron chi connectivity index (χ4n) is 1.82. The minimum Gasteiger partial charge on any atom is -0.504 e. The second-order valence-corrected chi connectivity index (χ2v) is 4.20. The second kappa shape index (κ2) is 5.25. The number of hydrogen-bond acceptors (Lipinski definition) is 3. The van der Waals surface area contributed by atoms with Gasteiger partial charge in [0.15, 0.2) is 11.5 Å². The van der Waals surface area contributed by atoms with E-state index in [1.807, 2.05) is 25.1 Å². The average molecular weight is 254 g/mol. The third kappa shape index (κ3) is 3.02. The summed E-state index contributed by atoms with van der Waals surface area (Å²) in [5.74, 6) is -0.183. The van der Waals surface area contributed by atoms with E-state index in [1.165, 1.54) is 0 Å². The molecule has 0 aromatic heterocycles. The molecule has 4 heteroatoms. The van der Waals surface area contributed by atoms with Crippen molar-refractivity contribution in [1.29, 1.82) is 0 Å². The number of halogens is 1. The van der Waals surface area contributed by atoms with E-state index in [1.54, 1.807) is 12.1 Å². The van der Waals surface area contributed by atoms with Crippen LogP contribution < -0.4 is 5.73 Å². The van der Waals surface area contributed by atoms with Gasteiger partial charge in [-0.2, -0.15) is 0 Å². The Kier molecular flexibility index (Phi) is 4.21. The summed E-state index contributed by atoms with van der Waals surface area (Å²) in [6.45, 7) is 1.96. The summed E-state index contributed by atoms with van der Waals surface area (Å²) in [7, 11) is 0. The summed E-state index contributed by atoms with van der Waals surface area (Å²) >= 11 is 0. The molecule has 1 unspecified atom stereocenters. The van der Waals surface area contributed by atoms with E-state index in [2.05, 4.69) is 0 Å². The molecule has 0 amide bonds. The number of phenols is 2. The Bertz CT molecular complexity index is 526. The number of aromatic hydroxyl groups is 2. The molecule has 2 aromatic carbocycles. The molecule has 0 saturated heterocycles. The summed E-state index contributed by atoms with van der Waals surface area (Å²) in [5, 5.41) is 20.6. The minimum absolute atomic E-state index is 0. The lowest BCUT2D eigenvalue weighted by Gasteiger charge is -2.07. The van der Waals surface area contributed by atoms with E-state index in [0.717, 1.165) is 22.8 Å². The maximum Gasteiger partial charge on any atom is 0.158 e. The summed E-state index contributed by atoms with van der Waals surface area (Å²) in [4.78, 5) is 0. The Balaban J connectivity index is 0.00000144. The van der Waals surface area contributed by atoms with Crippen LogP contribution in [0.1, 0.15) is 12.5 Å². The van der Waals surface area contributed by atoms with Crippen LogP contribution in [-0.2, 0) is 6.42 Å². The first-order chi connectivity index (χ1) is 7.56. The number of hydrogen-bond donors (Lipinski definition) is 3. The molecule has 92 valence electrons. The van der Waals surface area contributed by atoms with Crippen molar-refractivity contribution in [3.8, 4) is 11.5 Å². The Morgan fingerprint density at radius 3 is 2.24 bits per heavy atom. The summed E-state index contributed by atoms with van der Waals surface area (Å²) < 4.78 is 0. The lowest BCUT2D eigenvalue weighted by Crippen LogP contribution is -2.17. The zero-order valence-corrected chi connectivity index (χ0v) is 10.4. The van der Waals surface area contributed by atoms with Crippen LogP contribution in [0.5, 0.6) is 11.5 Å². The molecule has 0 radical (unpaired) electrons. The molecule has 0 saturated carbocycles. The van der Waals surface area contributed by atoms with E-state index in [9.17, 15) is 10.2 Å². The molecule has 0 aliphatic carbocycles. The minimum atomic E-state index is -0.0922. The smallest absolute Gasteiger partial charge is 0.158 e. The van der Waals surface area contributed by atoms with Gasteiger partial charge in [-0.25, -0.2) is 0 Å². The highest BCUT2D eigenvalue weighted by Crippen LogP contribution is 2.30. The van der Waals surface area contributed by atoms with Gasteiger partial charge in [0, 0.05) is 6.04 Å². The van der Waals surface area contributed by atoms with Crippen LogP contribution in [0.2, 0.25) is 0 Å². The molecular formula is C13H16ClNO2. The van der Waals surface area contributed by atoms with Gasteiger partial charge in [-0.1, -0.05) is 18.2 Å². The van der Waals surface area contributed by atoms with Crippen molar-refractivity contribution < 1.29 is 10.2 Å². The van der Waals surface area contributed by atoms with Gasteiger partial charge >= 0.3 is 0 Å². The highest BCUT2D eigenvalue weighted by molar-refractivity contribution is 5.86.